The van der Waals surface area contributed by atoms with Gasteiger partial charge in [-0.15, -0.1) is 0 Å². The molecular formula is C26H37N5O4. The predicted molar refractivity (Wildman–Crippen MR) is 135 cm³/mol. The van der Waals surface area contributed by atoms with E-state index < -0.39 is 0 Å². The van der Waals surface area contributed by atoms with Crippen LogP contribution >= 0.6 is 0 Å². The highest BCUT2D eigenvalue weighted by Crippen LogP contribution is 2.30. The van der Waals surface area contributed by atoms with Gasteiger partial charge < -0.3 is 19.7 Å². The molecule has 190 valence electrons. The van der Waals surface area contributed by atoms with E-state index >= 15 is 0 Å². The highest BCUT2D eigenvalue weighted by molar-refractivity contribution is 5.76. The first-order valence-electron chi connectivity index (χ1n) is 12.6. The summed E-state index contributed by atoms with van der Waals surface area (Å²) in [5.41, 5.74) is 2.15. The van der Waals surface area contributed by atoms with Crippen molar-refractivity contribution in [3.05, 3.63) is 51.4 Å². The number of H-pyrrole nitrogens is 1. The molecule has 0 saturated carbocycles. The number of rotatable bonds is 9. The van der Waals surface area contributed by atoms with Gasteiger partial charge in [0.25, 0.3) is 5.56 Å². The zero-order valence-corrected chi connectivity index (χ0v) is 20.8. The Bertz CT molecular complexity index is 1040. The SMILES string of the molecule is COc1ccccc1C(CNC(=O)CCc1c(C)nc(N2CCOCC2)[nH]c1=O)N1CCCCC1. The number of aryl methyl sites for hydroxylation is 1. The number of ether oxygens (including phenoxy) is 2. The molecule has 1 amide bonds. The van der Waals surface area contributed by atoms with Crippen LogP contribution in [0.5, 0.6) is 5.75 Å². The first-order valence-corrected chi connectivity index (χ1v) is 12.6. The molecular weight excluding hydrogens is 446 g/mol. The van der Waals surface area contributed by atoms with E-state index in [2.05, 4.69) is 26.3 Å². The van der Waals surface area contributed by atoms with Gasteiger partial charge in [-0.2, -0.15) is 0 Å². The first kappa shape index (κ1) is 25.2. The standard InChI is InChI=1S/C26H37N5O4/c1-19-20(25(33)29-26(28-19)31-14-16-35-17-15-31)10-11-24(32)27-18-22(30-12-6-3-7-13-30)21-8-4-5-9-23(21)34-2/h4-5,8-9,22H,3,6-7,10-18H2,1-2H3,(H,27,32)(H,28,29,33). The number of aromatic amines is 1. The Hall–Kier alpha value is -2.91. The number of benzene rings is 1. The van der Waals surface area contributed by atoms with Crippen LogP contribution in [0.25, 0.3) is 0 Å². The fourth-order valence-electron chi connectivity index (χ4n) is 4.96. The van der Waals surface area contributed by atoms with E-state index in [9.17, 15) is 9.59 Å². The Morgan fingerprint density at radius 3 is 2.63 bits per heavy atom. The molecule has 2 aliphatic rings. The predicted octanol–water partition coefficient (Wildman–Crippen LogP) is 2.20. The second-order valence-corrected chi connectivity index (χ2v) is 9.21. The average Bonchev–Trinajstić information content (AvgIpc) is 2.89. The van der Waals surface area contributed by atoms with Crippen LogP contribution in [0.3, 0.4) is 0 Å². The van der Waals surface area contributed by atoms with Crippen molar-refractivity contribution in [1.29, 1.82) is 0 Å². The lowest BCUT2D eigenvalue weighted by atomic mass is 10.0. The summed E-state index contributed by atoms with van der Waals surface area (Å²) in [6.45, 7) is 7.00. The molecule has 2 saturated heterocycles. The van der Waals surface area contributed by atoms with E-state index in [1.165, 1.54) is 6.42 Å². The van der Waals surface area contributed by atoms with Gasteiger partial charge in [0.2, 0.25) is 11.9 Å². The van der Waals surface area contributed by atoms with E-state index in [0.29, 0.717) is 56.5 Å². The molecule has 0 aliphatic carbocycles. The summed E-state index contributed by atoms with van der Waals surface area (Å²) in [5.74, 6) is 1.34. The van der Waals surface area contributed by atoms with Crippen molar-refractivity contribution in [2.45, 2.75) is 45.1 Å². The van der Waals surface area contributed by atoms with Crippen molar-refractivity contribution >= 4 is 11.9 Å². The molecule has 2 fully saturated rings. The van der Waals surface area contributed by atoms with Crippen LogP contribution in [0.4, 0.5) is 5.95 Å². The van der Waals surface area contributed by atoms with Gasteiger partial charge in [0, 0.05) is 42.9 Å². The minimum Gasteiger partial charge on any atom is -0.496 e. The van der Waals surface area contributed by atoms with Gasteiger partial charge in [-0.25, -0.2) is 4.98 Å². The Kier molecular flexibility index (Phi) is 8.76. The van der Waals surface area contributed by atoms with Crippen molar-refractivity contribution in [1.82, 2.24) is 20.2 Å². The molecule has 4 rings (SSSR count). The maximum Gasteiger partial charge on any atom is 0.255 e. The first-order chi connectivity index (χ1) is 17.1. The molecule has 1 aromatic carbocycles. The third kappa shape index (κ3) is 6.41. The van der Waals surface area contributed by atoms with Gasteiger partial charge in [0.15, 0.2) is 0 Å². The molecule has 9 heteroatoms. The van der Waals surface area contributed by atoms with E-state index in [1.54, 1.807) is 7.11 Å². The largest absolute Gasteiger partial charge is 0.496 e. The van der Waals surface area contributed by atoms with Crippen molar-refractivity contribution in [3.63, 3.8) is 0 Å². The van der Waals surface area contributed by atoms with Gasteiger partial charge >= 0.3 is 0 Å². The van der Waals surface area contributed by atoms with E-state index in [1.807, 2.05) is 30.0 Å². The Balaban J connectivity index is 1.38. The Morgan fingerprint density at radius 2 is 1.91 bits per heavy atom. The molecule has 1 unspecified atom stereocenters. The number of carbonyl (C=O) groups is 1. The maximum absolute atomic E-state index is 12.8. The van der Waals surface area contributed by atoms with Crippen LogP contribution in [-0.2, 0) is 16.0 Å². The van der Waals surface area contributed by atoms with E-state index in [-0.39, 0.29) is 23.9 Å². The number of nitrogens with one attached hydrogen (secondary N) is 2. The van der Waals surface area contributed by atoms with Crippen molar-refractivity contribution in [2.24, 2.45) is 0 Å². The smallest absolute Gasteiger partial charge is 0.255 e. The summed E-state index contributed by atoms with van der Waals surface area (Å²) in [7, 11) is 1.68. The third-order valence-corrected chi connectivity index (χ3v) is 6.94. The lowest BCUT2D eigenvalue weighted by Gasteiger charge is -2.35. The van der Waals surface area contributed by atoms with Crippen molar-refractivity contribution < 1.29 is 14.3 Å². The number of hydrogen-bond donors (Lipinski definition) is 2. The summed E-state index contributed by atoms with van der Waals surface area (Å²) in [4.78, 5) is 37.5. The fourth-order valence-corrected chi connectivity index (χ4v) is 4.96. The number of para-hydroxylation sites is 1. The minimum absolute atomic E-state index is 0.0509. The summed E-state index contributed by atoms with van der Waals surface area (Å²) >= 11 is 0. The van der Waals surface area contributed by atoms with Crippen LogP contribution in [0.15, 0.2) is 29.1 Å². The monoisotopic (exact) mass is 483 g/mol. The summed E-state index contributed by atoms with van der Waals surface area (Å²) in [6.07, 6.45) is 4.16. The molecule has 2 aromatic rings. The highest BCUT2D eigenvalue weighted by atomic mass is 16.5. The second kappa shape index (κ2) is 12.2. The topological polar surface area (TPSA) is 99.8 Å². The van der Waals surface area contributed by atoms with Crippen molar-refractivity contribution in [3.8, 4) is 5.75 Å². The maximum atomic E-state index is 12.8. The number of anilines is 1. The van der Waals surface area contributed by atoms with Crippen LogP contribution in [0.2, 0.25) is 0 Å². The third-order valence-electron chi connectivity index (χ3n) is 6.94. The second-order valence-electron chi connectivity index (χ2n) is 9.21. The van der Waals surface area contributed by atoms with Gasteiger partial charge in [-0.3, -0.25) is 19.5 Å². The number of aromatic nitrogens is 2. The number of likely N-dealkylation sites (tertiary alicyclic amines) is 1. The summed E-state index contributed by atoms with van der Waals surface area (Å²) in [5, 5.41) is 3.11. The van der Waals surface area contributed by atoms with Gasteiger partial charge in [-0.1, -0.05) is 24.6 Å². The quantitative estimate of drug-likeness (QED) is 0.564. The van der Waals surface area contributed by atoms with Gasteiger partial charge in [-0.05, 0) is 45.3 Å². The fraction of sp³-hybridized carbons (Fsp3) is 0.577. The van der Waals surface area contributed by atoms with Crippen LogP contribution < -0.4 is 20.5 Å². The number of carbonyl (C=O) groups excluding carboxylic acids is 1. The lowest BCUT2D eigenvalue weighted by Crippen LogP contribution is -2.41. The Morgan fingerprint density at radius 1 is 1.17 bits per heavy atom. The molecule has 2 N–H and O–H groups in total. The van der Waals surface area contributed by atoms with Crippen LogP contribution in [0, 0.1) is 6.92 Å². The molecule has 1 aromatic heterocycles. The molecule has 1 atom stereocenters. The molecule has 0 spiro atoms. The summed E-state index contributed by atoms with van der Waals surface area (Å²) < 4.78 is 11.0. The zero-order valence-electron chi connectivity index (χ0n) is 20.8. The Labute approximate surface area is 206 Å². The number of hydrogen-bond acceptors (Lipinski definition) is 7. The number of amides is 1. The molecule has 2 aliphatic heterocycles. The molecule has 3 heterocycles. The van der Waals surface area contributed by atoms with Gasteiger partial charge in [0.1, 0.15) is 5.75 Å². The molecule has 0 bridgehead atoms. The van der Waals surface area contributed by atoms with Gasteiger partial charge in [0.05, 0.1) is 26.4 Å². The minimum atomic E-state index is -0.174. The highest BCUT2D eigenvalue weighted by Gasteiger charge is 2.25. The summed E-state index contributed by atoms with van der Waals surface area (Å²) in [6, 6.07) is 8.08. The average molecular weight is 484 g/mol. The lowest BCUT2D eigenvalue weighted by molar-refractivity contribution is -0.121. The normalized spacial score (nSPS) is 17.7. The number of methoxy groups -OCH3 is 1. The van der Waals surface area contributed by atoms with E-state index in [0.717, 1.165) is 37.2 Å². The van der Waals surface area contributed by atoms with Crippen LogP contribution in [-0.4, -0.2) is 73.8 Å². The molecule has 0 radical (unpaired) electrons. The van der Waals surface area contributed by atoms with Crippen LogP contribution in [0.1, 0.15) is 48.5 Å². The number of piperidine rings is 1. The molecule has 9 nitrogen and oxygen atoms in total. The zero-order chi connectivity index (χ0) is 24.6. The number of morpholine rings is 1. The number of nitrogens with zero attached hydrogens (tertiary/aromatic N) is 3. The van der Waals surface area contributed by atoms with E-state index in [4.69, 9.17) is 9.47 Å². The molecule has 35 heavy (non-hydrogen) atoms. The van der Waals surface area contributed by atoms with Crippen molar-refractivity contribution in [2.75, 3.05) is 57.9 Å².